The second-order valence-corrected chi connectivity index (χ2v) is 8.92. The standard InChI is InChI=1S/C19H19N3O3S2/c1-13(26-19-20-14-5-2-3-7-16(14)27-19)17(23)21-8-10-22(11-9-21)18(24)15-6-4-12-25-15/h2-7,12-13H,8-11H2,1H3/t13-/m1/s1. The van der Waals surface area contributed by atoms with Crippen LogP contribution in [0.5, 0.6) is 0 Å². The second-order valence-electron chi connectivity index (χ2n) is 6.30. The molecule has 0 aliphatic carbocycles. The van der Waals surface area contributed by atoms with Crippen LogP contribution in [0.25, 0.3) is 10.2 Å². The van der Waals surface area contributed by atoms with E-state index in [-0.39, 0.29) is 17.1 Å². The quantitative estimate of drug-likeness (QED) is 0.627. The molecular formula is C19H19N3O3S2. The first-order chi connectivity index (χ1) is 13.1. The third kappa shape index (κ3) is 3.86. The van der Waals surface area contributed by atoms with Gasteiger partial charge in [-0.15, -0.1) is 11.3 Å². The molecule has 27 heavy (non-hydrogen) atoms. The fraction of sp³-hybridized carbons (Fsp3) is 0.316. The van der Waals surface area contributed by atoms with E-state index in [1.165, 1.54) is 18.0 Å². The second kappa shape index (κ2) is 7.74. The van der Waals surface area contributed by atoms with Crippen molar-refractivity contribution >= 4 is 45.1 Å². The number of carbonyl (C=O) groups excluding carboxylic acids is 2. The van der Waals surface area contributed by atoms with Crippen molar-refractivity contribution in [1.82, 2.24) is 14.8 Å². The van der Waals surface area contributed by atoms with E-state index in [4.69, 9.17) is 4.42 Å². The number of aromatic nitrogens is 1. The van der Waals surface area contributed by atoms with E-state index >= 15 is 0 Å². The van der Waals surface area contributed by atoms with Gasteiger partial charge in [0, 0.05) is 26.2 Å². The molecular weight excluding hydrogens is 382 g/mol. The molecule has 0 bridgehead atoms. The van der Waals surface area contributed by atoms with Gasteiger partial charge in [-0.3, -0.25) is 9.59 Å². The zero-order valence-corrected chi connectivity index (χ0v) is 16.5. The maximum absolute atomic E-state index is 12.8. The zero-order chi connectivity index (χ0) is 18.8. The van der Waals surface area contributed by atoms with Gasteiger partial charge >= 0.3 is 0 Å². The van der Waals surface area contributed by atoms with E-state index in [1.54, 1.807) is 28.4 Å². The summed E-state index contributed by atoms with van der Waals surface area (Å²) in [4.78, 5) is 33.2. The number of amides is 2. The van der Waals surface area contributed by atoms with Crippen molar-refractivity contribution in [3.05, 3.63) is 48.4 Å². The predicted molar refractivity (Wildman–Crippen MR) is 106 cm³/mol. The Bertz CT molecular complexity index is 913. The SMILES string of the molecule is C[C@@H](Sc1nc2ccccc2s1)C(=O)N1CCN(C(=O)c2ccco2)CC1. The maximum Gasteiger partial charge on any atom is 0.289 e. The number of thiazole rings is 1. The largest absolute Gasteiger partial charge is 0.459 e. The molecule has 1 aromatic carbocycles. The van der Waals surface area contributed by atoms with Crippen molar-refractivity contribution in [2.45, 2.75) is 16.5 Å². The normalized spacial score (nSPS) is 15.9. The Hall–Kier alpha value is -2.32. The van der Waals surface area contributed by atoms with Crippen LogP contribution >= 0.6 is 23.1 Å². The van der Waals surface area contributed by atoms with Gasteiger partial charge in [-0.05, 0) is 31.2 Å². The smallest absolute Gasteiger partial charge is 0.289 e. The van der Waals surface area contributed by atoms with E-state index in [0.29, 0.717) is 31.9 Å². The molecule has 2 aromatic heterocycles. The first kappa shape index (κ1) is 18.1. The van der Waals surface area contributed by atoms with Crippen LogP contribution < -0.4 is 0 Å². The fourth-order valence-corrected chi connectivity index (χ4v) is 5.34. The van der Waals surface area contributed by atoms with E-state index in [1.807, 2.05) is 36.1 Å². The van der Waals surface area contributed by atoms with Crippen LogP contribution in [0.1, 0.15) is 17.5 Å². The number of carbonyl (C=O) groups is 2. The Labute approximate surface area is 165 Å². The molecule has 0 spiro atoms. The summed E-state index contributed by atoms with van der Waals surface area (Å²) in [7, 11) is 0. The minimum atomic E-state index is -0.210. The number of para-hydroxylation sites is 1. The van der Waals surface area contributed by atoms with Gasteiger partial charge in [0.15, 0.2) is 10.1 Å². The number of piperazine rings is 1. The summed E-state index contributed by atoms with van der Waals surface area (Å²) < 4.78 is 7.21. The molecule has 2 amide bonds. The summed E-state index contributed by atoms with van der Waals surface area (Å²) in [5.74, 6) is 0.308. The van der Waals surface area contributed by atoms with Crippen molar-refractivity contribution in [2.24, 2.45) is 0 Å². The predicted octanol–water partition coefficient (Wildman–Crippen LogP) is 3.35. The zero-order valence-electron chi connectivity index (χ0n) is 14.8. The lowest BCUT2D eigenvalue weighted by molar-refractivity contribution is -0.131. The highest BCUT2D eigenvalue weighted by molar-refractivity contribution is 8.02. The summed E-state index contributed by atoms with van der Waals surface area (Å²) in [6.07, 6.45) is 1.49. The van der Waals surface area contributed by atoms with E-state index in [0.717, 1.165) is 14.6 Å². The molecule has 1 aliphatic heterocycles. The number of hydrogen-bond acceptors (Lipinski definition) is 6. The number of fused-ring (bicyclic) bond motifs is 1. The Morgan fingerprint density at radius 2 is 1.85 bits per heavy atom. The van der Waals surface area contributed by atoms with E-state index < -0.39 is 0 Å². The summed E-state index contributed by atoms with van der Waals surface area (Å²) >= 11 is 3.11. The first-order valence-corrected chi connectivity index (χ1v) is 10.5. The molecule has 1 fully saturated rings. The average molecular weight is 402 g/mol. The van der Waals surface area contributed by atoms with Gasteiger partial charge in [-0.25, -0.2) is 4.98 Å². The lowest BCUT2D eigenvalue weighted by Crippen LogP contribution is -2.52. The highest BCUT2D eigenvalue weighted by atomic mass is 32.2. The Morgan fingerprint density at radius 1 is 1.11 bits per heavy atom. The first-order valence-electron chi connectivity index (χ1n) is 8.75. The van der Waals surface area contributed by atoms with Crippen LogP contribution in [0.15, 0.2) is 51.4 Å². The lowest BCUT2D eigenvalue weighted by atomic mass is 10.2. The van der Waals surface area contributed by atoms with E-state index in [2.05, 4.69) is 4.98 Å². The van der Waals surface area contributed by atoms with Gasteiger partial charge in [-0.1, -0.05) is 23.9 Å². The topological polar surface area (TPSA) is 66.7 Å². The van der Waals surface area contributed by atoms with Gasteiger partial charge < -0.3 is 14.2 Å². The molecule has 0 N–H and O–H groups in total. The summed E-state index contributed by atoms with van der Waals surface area (Å²) in [5.41, 5.74) is 0.967. The molecule has 1 saturated heterocycles. The van der Waals surface area contributed by atoms with Crippen LogP contribution in [-0.4, -0.2) is 58.0 Å². The number of thioether (sulfide) groups is 1. The number of rotatable bonds is 4. The molecule has 4 rings (SSSR count). The van der Waals surface area contributed by atoms with Crippen molar-refractivity contribution in [3.8, 4) is 0 Å². The van der Waals surface area contributed by atoms with Crippen LogP contribution in [0.4, 0.5) is 0 Å². The highest BCUT2D eigenvalue weighted by Gasteiger charge is 2.29. The van der Waals surface area contributed by atoms with Gasteiger partial charge in [0.1, 0.15) is 0 Å². The Balaban J connectivity index is 1.33. The van der Waals surface area contributed by atoms with Crippen LogP contribution in [0.2, 0.25) is 0 Å². The monoisotopic (exact) mass is 401 g/mol. The van der Waals surface area contributed by atoms with Crippen LogP contribution in [-0.2, 0) is 4.79 Å². The number of furan rings is 1. The highest BCUT2D eigenvalue weighted by Crippen LogP contribution is 2.32. The van der Waals surface area contributed by atoms with Gasteiger partial charge in [0.25, 0.3) is 5.91 Å². The molecule has 0 radical (unpaired) electrons. The molecule has 3 heterocycles. The minimum Gasteiger partial charge on any atom is -0.459 e. The van der Waals surface area contributed by atoms with Crippen LogP contribution in [0.3, 0.4) is 0 Å². The fourth-order valence-electron chi connectivity index (χ4n) is 3.05. The van der Waals surface area contributed by atoms with Gasteiger partial charge in [0.05, 0.1) is 21.7 Å². The summed E-state index contributed by atoms with van der Waals surface area (Å²) in [5, 5.41) is -0.210. The third-order valence-electron chi connectivity index (χ3n) is 4.51. The Kier molecular flexibility index (Phi) is 5.18. The third-order valence-corrected chi connectivity index (χ3v) is 6.73. The Morgan fingerprint density at radius 3 is 2.56 bits per heavy atom. The molecule has 1 aliphatic rings. The number of benzene rings is 1. The summed E-state index contributed by atoms with van der Waals surface area (Å²) in [6.45, 7) is 4.03. The number of nitrogens with zero attached hydrogens (tertiary/aromatic N) is 3. The molecule has 3 aromatic rings. The van der Waals surface area contributed by atoms with Crippen molar-refractivity contribution < 1.29 is 14.0 Å². The average Bonchev–Trinajstić information content (AvgIpc) is 3.36. The van der Waals surface area contributed by atoms with Gasteiger partial charge in [-0.2, -0.15) is 0 Å². The van der Waals surface area contributed by atoms with Crippen molar-refractivity contribution in [3.63, 3.8) is 0 Å². The number of hydrogen-bond donors (Lipinski definition) is 0. The van der Waals surface area contributed by atoms with Crippen LogP contribution in [0, 0.1) is 0 Å². The molecule has 1 atom stereocenters. The van der Waals surface area contributed by atoms with Crippen molar-refractivity contribution in [1.29, 1.82) is 0 Å². The molecule has 140 valence electrons. The maximum atomic E-state index is 12.8. The minimum absolute atomic E-state index is 0.0874. The molecule has 8 heteroatoms. The lowest BCUT2D eigenvalue weighted by Gasteiger charge is -2.35. The molecule has 0 unspecified atom stereocenters. The molecule has 6 nitrogen and oxygen atoms in total. The van der Waals surface area contributed by atoms with E-state index in [9.17, 15) is 9.59 Å². The summed E-state index contributed by atoms with van der Waals surface area (Å²) in [6, 6.07) is 11.3. The van der Waals surface area contributed by atoms with Crippen molar-refractivity contribution in [2.75, 3.05) is 26.2 Å². The van der Waals surface area contributed by atoms with Gasteiger partial charge in [0.2, 0.25) is 5.91 Å². The molecule has 0 saturated carbocycles.